The van der Waals surface area contributed by atoms with Gasteiger partial charge in [0.25, 0.3) is 0 Å². The summed E-state index contributed by atoms with van der Waals surface area (Å²) in [5.41, 5.74) is 3.32. The number of quaternary nitrogens is 1. The van der Waals surface area contributed by atoms with E-state index in [-0.39, 0.29) is 5.78 Å². The van der Waals surface area contributed by atoms with Gasteiger partial charge in [0.2, 0.25) is 5.78 Å². The summed E-state index contributed by atoms with van der Waals surface area (Å²) in [6.07, 6.45) is 0. The van der Waals surface area contributed by atoms with Crippen molar-refractivity contribution in [1.82, 2.24) is 14.7 Å². The molecule has 0 saturated carbocycles. The van der Waals surface area contributed by atoms with Crippen molar-refractivity contribution in [3.05, 3.63) is 34.9 Å². The SMILES string of the molecule is Cc1ccc(C(=O)C[N+]23CN4CN(CN(C4)C2)C3)cc1C. The second kappa shape index (κ2) is 4.61. The molecule has 4 bridgehead atoms. The molecule has 4 aliphatic heterocycles. The summed E-state index contributed by atoms with van der Waals surface area (Å²) in [7, 11) is 0. The second-order valence-electron chi connectivity index (χ2n) is 7.08. The lowest BCUT2D eigenvalue weighted by molar-refractivity contribution is -0.973. The third-order valence-corrected chi connectivity index (χ3v) is 5.01. The Bertz CT molecular complexity index is 563. The van der Waals surface area contributed by atoms with Gasteiger partial charge in [0.15, 0.2) is 0 Å². The Hall–Kier alpha value is -1.27. The van der Waals surface area contributed by atoms with E-state index in [0.29, 0.717) is 6.54 Å². The molecule has 4 heterocycles. The molecule has 0 aliphatic carbocycles. The number of carbonyl (C=O) groups excluding carboxylic acids is 1. The van der Waals surface area contributed by atoms with Gasteiger partial charge in [0, 0.05) is 5.56 Å². The van der Waals surface area contributed by atoms with Gasteiger partial charge < -0.3 is 0 Å². The lowest BCUT2D eigenvalue weighted by Gasteiger charge is -2.60. The van der Waals surface area contributed by atoms with Gasteiger partial charge in [-0.1, -0.05) is 12.1 Å². The number of hydrogen-bond donors (Lipinski definition) is 0. The molecular weight excluding hydrogens is 264 g/mol. The van der Waals surface area contributed by atoms with Crippen molar-refractivity contribution in [3.63, 3.8) is 0 Å². The molecule has 0 unspecified atom stereocenters. The van der Waals surface area contributed by atoms with Crippen molar-refractivity contribution >= 4 is 5.78 Å². The Kier molecular flexibility index (Phi) is 2.94. The molecule has 0 radical (unpaired) electrons. The predicted octanol–water partition coefficient (Wildman–Crippen LogP) is 0.995. The molecule has 4 saturated heterocycles. The van der Waals surface area contributed by atoms with Gasteiger partial charge in [-0.15, -0.1) is 0 Å². The Balaban J connectivity index is 1.55. The number of benzene rings is 1. The monoisotopic (exact) mass is 287 g/mol. The van der Waals surface area contributed by atoms with Gasteiger partial charge >= 0.3 is 0 Å². The fraction of sp³-hybridized carbons (Fsp3) is 0.562. The topological polar surface area (TPSA) is 26.8 Å². The first-order chi connectivity index (χ1) is 10.0. The van der Waals surface area contributed by atoms with E-state index < -0.39 is 0 Å². The molecular formula is C16H23N4O+. The van der Waals surface area contributed by atoms with E-state index in [4.69, 9.17) is 0 Å². The Morgan fingerprint density at radius 2 is 1.57 bits per heavy atom. The zero-order valence-corrected chi connectivity index (χ0v) is 12.9. The van der Waals surface area contributed by atoms with Crippen molar-refractivity contribution in [2.45, 2.75) is 13.8 Å². The zero-order chi connectivity index (χ0) is 14.6. The molecule has 1 aromatic carbocycles. The minimum atomic E-state index is 0.281. The number of nitrogens with zero attached hydrogens (tertiary/aromatic N) is 4. The van der Waals surface area contributed by atoms with Crippen LogP contribution in [0.15, 0.2) is 18.2 Å². The highest BCUT2D eigenvalue weighted by atomic mass is 16.1. The van der Waals surface area contributed by atoms with E-state index in [1.54, 1.807) is 0 Å². The summed E-state index contributed by atoms with van der Waals surface area (Å²) in [5, 5.41) is 0. The second-order valence-corrected chi connectivity index (χ2v) is 7.08. The summed E-state index contributed by atoms with van der Waals surface area (Å²) >= 11 is 0. The number of aryl methyl sites for hydroxylation is 2. The van der Waals surface area contributed by atoms with Crippen molar-refractivity contribution in [3.8, 4) is 0 Å². The van der Waals surface area contributed by atoms with Crippen LogP contribution in [0.1, 0.15) is 21.5 Å². The van der Waals surface area contributed by atoms with Crippen LogP contribution in [0.25, 0.3) is 0 Å². The van der Waals surface area contributed by atoms with E-state index in [0.717, 1.165) is 50.1 Å². The van der Waals surface area contributed by atoms with Crippen molar-refractivity contribution in [2.24, 2.45) is 0 Å². The van der Waals surface area contributed by atoms with Crippen LogP contribution >= 0.6 is 0 Å². The minimum Gasteiger partial charge on any atom is -0.288 e. The number of Topliss-reactive ketones (excluding diaryl/α,β-unsaturated/α-hetero) is 1. The third-order valence-electron chi connectivity index (χ3n) is 5.01. The molecule has 0 N–H and O–H groups in total. The molecule has 4 aliphatic rings. The first-order valence-electron chi connectivity index (χ1n) is 7.66. The standard InChI is InChI=1S/C16H23N4O/c1-13-3-4-15(5-14(13)2)16(21)6-20-10-17-7-18(11-20)9-19(8-17)12-20/h3-5H,6-12H2,1-2H3/q+1. The smallest absolute Gasteiger partial charge is 0.217 e. The van der Waals surface area contributed by atoms with Crippen LogP contribution in [0.3, 0.4) is 0 Å². The van der Waals surface area contributed by atoms with Gasteiger partial charge in [-0.25, -0.2) is 14.7 Å². The highest BCUT2D eigenvalue weighted by Crippen LogP contribution is 2.29. The van der Waals surface area contributed by atoms with E-state index in [1.165, 1.54) is 11.1 Å². The van der Waals surface area contributed by atoms with Crippen LogP contribution in [-0.4, -0.2) is 71.5 Å². The highest BCUT2D eigenvalue weighted by Gasteiger charge is 2.49. The van der Waals surface area contributed by atoms with Crippen LogP contribution in [0.5, 0.6) is 0 Å². The third kappa shape index (κ3) is 2.30. The molecule has 5 heteroatoms. The van der Waals surface area contributed by atoms with Crippen molar-refractivity contribution in [2.75, 3.05) is 46.6 Å². The summed E-state index contributed by atoms with van der Waals surface area (Å²) < 4.78 is 0.881. The molecule has 0 amide bonds. The maximum atomic E-state index is 12.7. The molecule has 0 aromatic heterocycles. The van der Waals surface area contributed by atoms with Crippen LogP contribution in [0, 0.1) is 13.8 Å². The fourth-order valence-electron chi connectivity index (χ4n) is 4.12. The number of ketones is 1. The molecule has 112 valence electrons. The van der Waals surface area contributed by atoms with E-state index in [1.807, 2.05) is 12.1 Å². The highest BCUT2D eigenvalue weighted by molar-refractivity contribution is 5.97. The van der Waals surface area contributed by atoms with Gasteiger partial charge in [-0.2, -0.15) is 0 Å². The average molecular weight is 287 g/mol. The maximum Gasteiger partial charge on any atom is 0.217 e. The molecule has 21 heavy (non-hydrogen) atoms. The molecule has 0 spiro atoms. The fourth-order valence-corrected chi connectivity index (χ4v) is 4.12. The molecule has 5 nitrogen and oxygen atoms in total. The van der Waals surface area contributed by atoms with Crippen LogP contribution < -0.4 is 0 Å². The lowest BCUT2D eigenvalue weighted by atomic mass is 10.0. The average Bonchev–Trinajstić information content (AvgIpc) is 2.39. The lowest BCUT2D eigenvalue weighted by Crippen LogP contribution is -2.79. The summed E-state index contributed by atoms with van der Waals surface area (Å²) in [6.45, 7) is 11.0. The molecule has 0 atom stereocenters. The number of carbonyl (C=O) groups is 1. The molecule has 5 rings (SSSR count). The van der Waals surface area contributed by atoms with Gasteiger partial charge in [0.1, 0.15) is 26.6 Å². The minimum absolute atomic E-state index is 0.281. The zero-order valence-electron chi connectivity index (χ0n) is 12.9. The Morgan fingerprint density at radius 1 is 1.00 bits per heavy atom. The largest absolute Gasteiger partial charge is 0.288 e. The first kappa shape index (κ1) is 13.4. The Labute approximate surface area is 125 Å². The van der Waals surface area contributed by atoms with Gasteiger partial charge in [-0.05, 0) is 31.0 Å². The van der Waals surface area contributed by atoms with Crippen LogP contribution in [0.2, 0.25) is 0 Å². The molecule has 1 aromatic rings. The summed E-state index contributed by atoms with van der Waals surface area (Å²) in [4.78, 5) is 20.1. The number of rotatable bonds is 3. The quantitative estimate of drug-likeness (QED) is 0.612. The van der Waals surface area contributed by atoms with Gasteiger partial charge in [-0.3, -0.25) is 9.28 Å². The predicted molar refractivity (Wildman–Crippen MR) is 80.1 cm³/mol. The maximum absolute atomic E-state index is 12.7. The number of hydrogen-bond acceptors (Lipinski definition) is 4. The van der Waals surface area contributed by atoms with Crippen LogP contribution in [0.4, 0.5) is 0 Å². The summed E-state index contributed by atoms with van der Waals surface area (Å²) in [5.74, 6) is 0.281. The van der Waals surface area contributed by atoms with Crippen LogP contribution in [-0.2, 0) is 0 Å². The van der Waals surface area contributed by atoms with Crippen molar-refractivity contribution < 1.29 is 9.28 Å². The van der Waals surface area contributed by atoms with E-state index >= 15 is 0 Å². The van der Waals surface area contributed by atoms with E-state index in [9.17, 15) is 4.79 Å². The molecule has 4 fully saturated rings. The van der Waals surface area contributed by atoms with Crippen molar-refractivity contribution in [1.29, 1.82) is 0 Å². The normalized spacial score (nSPS) is 37.0. The van der Waals surface area contributed by atoms with Gasteiger partial charge in [0.05, 0.1) is 20.0 Å². The summed E-state index contributed by atoms with van der Waals surface area (Å²) in [6, 6.07) is 6.09. The Morgan fingerprint density at radius 3 is 2.10 bits per heavy atom. The van der Waals surface area contributed by atoms with E-state index in [2.05, 4.69) is 34.6 Å². The first-order valence-corrected chi connectivity index (χ1v) is 7.66.